The van der Waals surface area contributed by atoms with Gasteiger partial charge in [0, 0.05) is 6.42 Å². The highest BCUT2D eigenvalue weighted by atomic mass is 19.1. The lowest BCUT2D eigenvalue weighted by atomic mass is 10.1. The summed E-state index contributed by atoms with van der Waals surface area (Å²) in [6.45, 7) is 1.87. The Labute approximate surface area is 87.8 Å². The predicted molar refractivity (Wildman–Crippen MR) is 55.0 cm³/mol. The van der Waals surface area contributed by atoms with Gasteiger partial charge in [0.1, 0.15) is 11.6 Å². The van der Waals surface area contributed by atoms with Gasteiger partial charge in [0.25, 0.3) is 0 Å². The SMILES string of the molecule is Cc1cnc(CCc2ccc(F)cc2)o1. The van der Waals surface area contributed by atoms with Gasteiger partial charge in [-0.2, -0.15) is 0 Å². The van der Waals surface area contributed by atoms with Crippen molar-refractivity contribution in [3.05, 3.63) is 53.5 Å². The van der Waals surface area contributed by atoms with Crippen LogP contribution in [-0.2, 0) is 12.8 Å². The summed E-state index contributed by atoms with van der Waals surface area (Å²) in [6.07, 6.45) is 3.28. The molecule has 0 fully saturated rings. The third-order valence-corrected chi connectivity index (χ3v) is 2.21. The molecule has 0 aliphatic carbocycles. The first-order chi connectivity index (χ1) is 7.24. The fraction of sp³-hybridized carbons (Fsp3) is 0.250. The van der Waals surface area contributed by atoms with Crippen LogP contribution in [0.5, 0.6) is 0 Å². The zero-order valence-electron chi connectivity index (χ0n) is 8.53. The third-order valence-electron chi connectivity index (χ3n) is 2.21. The van der Waals surface area contributed by atoms with Gasteiger partial charge in [-0.1, -0.05) is 12.1 Å². The second-order valence-corrected chi connectivity index (χ2v) is 3.49. The van der Waals surface area contributed by atoms with Gasteiger partial charge in [0.15, 0.2) is 5.89 Å². The van der Waals surface area contributed by atoms with E-state index in [0.29, 0.717) is 0 Å². The largest absolute Gasteiger partial charge is 0.446 e. The van der Waals surface area contributed by atoms with Crippen molar-refractivity contribution in [3.8, 4) is 0 Å². The Kier molecular flexibility index (Phi) is 2.81. The minimum atomic E-state index is -0.203. The topological polar surface area (TPSA) is 26.0 Å². The van der Waals surface area contributed by atoms with E-state index in [2.05, 4.69) is 4.98 Å². The average Bonchev–Trinajstić information content (AvgIpc) is 2.64. The number of hydrogen-bond donors (Lipinski definition) is 0. The van der Waals surface area contributed by atoms with Crippen LogP contribution >= 0.6 is 0 Å². The number of nitrogens with zero attached hydrogens (tertiary/aromatic N) is 1. The van der Waals surface area contributed by atoms with Crippen molar-refractivity contribution in [1.82, 2.24) is 4.98 Å². The van der Waals surface area contributed by atoms with E-state index in [1.807, 2.05) is 6.92 Å². The molecule has 0 saturated carbocycles. The van der Waals surface area contributed by atoms with E-state index in [1.165, 1.54) is 12.1 Å². The molecule has 2 rings (SSSR count). The molecule has 0 saturated heterocycles. The Morgan fingerprint density at radius 1 is 1.20 bits per heavy atom. The molecule has 78 valence electrons. The highest BCUT2D eigenvalue weighted by Crippen LogP contribution is 2.08. The summed E-state index contributed by atoms with van der Waals surface area (Å²) in [5.74, 6) is 1.35. The van der Waals surface area contributed by atoms with Gasteiger partial charge in [0.2, 0.25) is 0 Å². The lowest BCUT2D eigenvalue weighted by Gasteiger charge is -1.98. The Hall–Kier alpha value is -1.64. The molecule has 2 nitrogen and oxygen atoms in total. The highest BCUT2D eigenvalue weighted by Gasteiger charge is 2.01. The van der Waals surface area contributed by atoms with Crippen LogP contribution in [0.25, 0.3) is 0 Å². The van der Waals surface area contributed by atoms with Crippen molar-refractivity contribution in [3.63, 3.8) is 0 Å². The Morgan fingerprint density at radius 2 is 1.93 bits per heavy atom. The van der Waals surface area contributed by atoms with E-state index in [9.17, 15) is 4.39 Å². The average molecular weight is 205 g/mol. The van der Waals surface area contributed by atoms with Gasteiger partial charge < -0.3 is 4.42 Å². The maximum atomic E-state index is 12.6. The van der Waals surface area contributed by atoms with Gasteiger partial charge >= 0.3 is 0 Å². The quantitative estimate of drug-likeness (QED) is 0.770. The highest BCUT2D eigenvalue weighted by molar-refractivity contribution is 5.16. The lowest BCUT2D eigenvalue weighted by molar-refractivity contribution is 0.470. The van der Waals surface area contributed by atoms with Crippen molar-refractivity contribution < 1.29 is 8.81 Å². The van der Waals surface area contributed by atoms with E-state index >= 15 is 0 Å². The molecule has 15 heavy (non-hydrogen) atoms. The zero-order valence-corrected chi connectivity index (χ0v) is 8.53. The zero-order chi connectivity index (χ0) is 10.7. The van der Waals surface area contributed by atoms with Gasteiger partial charge in [0.05, 0.1) is 6.20 Å². The van der Waals surface area contributed by atoms with Crippen LogP contribution in [0.1, 0.15) is 17.2 Å². The molecule has 1 heterocycles. The molecule has 0 N–H and O–H groups in total. The number of oxazole rings is 1. The van der Waals surface area contributed by atoms with Crippen LogP contribution in [0.15, 0.2) is 34.9 Å². The predicted octanol–water partition coefficient (Wildman–Crippen LogP) is 2.91. The van der Waals surface area contributed by atoms with Crippen LogP contribution in [0.4, 0.5) is 4.39 Å². The van der Waals surface area contributed by atoms with Crippen molar-refractivity contribution in [1.29, 1.82) is 0 Å². The minimum absolute atomic E-state index is 0.203. The Morgan fingerprint density at radius 3 is 2.53 bits per heavy atom. The van der Waals surface area contributed by atoms with Crippen molar-refractivity contribution in [2.45, 2.75) is 19.8 Å². The molecule has 1 aromatic carbocycles. The number of aromatic nitrogens is 1. The van der Waals surface area contributed by atoms with Gasteiger partial charge in [-0.15, -0.1) is 0 Å². The number of hydrogen-bond acceptors (Lipinski definition) is 2. The van der Waals surface area contributed by atoms with Crippen LogP contribution in [0, 0.1) is 12.7 Å². The summed E-state index contributed by atoms with van der Waals surface area (Å²) in [6, 6.07) is 6.50. The van der Waals surface area contributed by atoms with E-state index in [4.69, 9.17) is 4.42 Å². The second kappa shape index (κ2) is 4.26. The van der Waals surface area contributed by atoms with Gasteiger partial charge in [-0.25, -0.2) is 9.37 Å². The van der Waals surface area contributed by atoms with E-state index in [-0.39, 0.29) is 5.82 Å². The molecule has 0 radical (unpaired) electrons. The molecule has 0 unspecified atom stereocenters. The molecule has 0 bridgehead atoms. The van der Waals surface area contributed by atoms with Crippen LogP contribution in [-0.4, -0.2) is 4.98 Å². The van der Waals surface area contributed by atoms with Gasteiger partial charge in [-0.3, -0.25) is 0 Å². The number of aryl methyl sites for hydroxylation is 3. The molecule has 1 aromatic heterocycles. The number of rotatable bonds is 3. The minimum Gasteiger partial charge on any atom is -0.446 e. The first-order valence-electron chi connectivity index (χ1n) is 4.90. The van der Waals surface area contributed by atoms with Crippen LogP contribution in [0.3, 0.4) is 0 Å². The van der Waals surface area contributed by atoms with Crippen molar-refractivity contribution in [2.24, 2.45) is 0 Å². The van der Waals surface area contributed by atoms with Crippen molar-refractivity contribution >= 4 is 0 Å². The molecular formula is C12H12FNO. The molecular weight excluding hydrogens is 193 g/mol. The van der Waals surface area contributed by atoms with Crippen LogP contribution < -0.4 is 0 Å². The maximum absolute atomic E-state index is 12.6. The monoisotopic (exact) mass is 205 g/mol. The smallest absolute Gasteiger partial charge is 0.194 e. The standard InChI is InChI=1S/C12H12FNO/c1-9-8-14-12(15-9)7-4-10-2-5-11(13)6-3-10/h2-3,5-6,8H,4,7H2,1H3. The van der Waals surface area contributed by atoms with Crippen LogP contribution in [0.2, 0.25) is 0 Å². The Balaban J connectivity index is 1.96. The molecule has 0 amide bonds. The summed E-state index contributed by atoms with van der Waals surface area (Å²) in [4.78, 5) is 4.11. The lowest BCUT2D eigenvalue weighted by Crippen LogP contribution is -1.91. The summed E-state index contributed by atoms with van der Waals surface area (Å²) in [5.41, 5.74) is 1.09. The first kappa shape index (κ1) is 9.90. The Bertz CT molecular complexity index is 433. The summed E-state index contributed by atoms with van der Waals surface area (Å²) in [5, 5.41) is 0. The molecule has 3 heteroatoms. The molecule has 0 aliphatic rings. The summed E-state index contributed by atoms with van der Waals surface area (Å²) >= 11 is 0. The van der Waals surface area contributed by atoms with E-state index in [0.717, 1.165) is 30.1 Å². The van der Waals surface area contributed by atoms with E-state index < -0.39 is 0 Å². The van der Waals surface area contributed by atoms with E-state index in [1.54, 1.807) is 18.3 Å². The molecule has 0 aliphatic heterocycles. The van der Waals surface area contributed by atoms with Gasteiger partial charge in [-0.05, 0) is 31.0 Å². The molecule has 0 spiro atoms. The summed E-state index contributed by atoms with van der Waals surface area (Å²) in [7, 11) is 0. The van der Waals surface area contributed by atoms with Crippen molar-refractivity contribution in [2.75, 3.05) is 0 Å². The normalized spacial score (nSPS) is 10.5. The summed E-state index contributed by atoms with van der Waals surface area (Å²) < 4.78 is 18.0. The molecule has 0 atom stereocenters. The fourth-order valence-corrected chi connectivity index (χ4v) is 1.42. The second-order valence-electron chi connectivity index (χ2n) is 3.49. The first-order valence-corrected chi connectivity index (χ1v) is 4.90. The third kappa shape index (κ3) is 2.65. The molecule has 2 aromatic rings. The fourth-order valence-electron chi connectivity index (χ4n) is 1.42. The maximum Gasteiger partial charge on any atom is 0.194 e. The number of benzene rings is 1. The number of halogens is 1.